The quantitative estimate of drug-likeness (QED) is 0.321. The first-order chi connectivity index (χ1) is 15.5. The van der Waals surface area contributed by atoms with Gasteiger partial charge in [-0.15, -0.1) is 0 Å². The van der Waals surface area contributed by atoms with E-state index in [0.717, 1.165) is 11.1 Å². The number of imide groups is 1. The van der Waals surface area contributed by atoms with E-state index in [4.69, 9.17) is 23.0 Å². The summed E-state index contributed by atoms with van der Waals surface area (Å²) in [7, 11) is 3.12. The molecule has 0 aliphatic carbocycles. The molecule has 2 aromatic carbocycles. The molecule has 10 heteroatoms. The van der Waals surface area contributed by atoms with Crippen molar-refractivity contribution in [2.24, 2.45) is 0 Å². The van der Waals surface area contributed by atoms with Gasteiger partial charge < -0.3 is 23.0 Å². The van der Waals surface area contributed by atoms with E-state index in [2.05, 4.69) is 5.32 Å². The van der Waals surface area contributed by atoms with Crippen LogP contribution in [0.2, 0.25) is 0 Å². The SMILES string of the molecule is COc1cccc(C(COc2ccc(CC(SC)C(=O)NC=O)cc2)OP(OC)OC)c1. The third-order valence-corrected chi connectivity index (χ3v) is 6.47. The Morgan fingerprint density at radius 2 is 1.81 bits per heavy atom. The molecule has 174 valence electrons. The van der Waals surface area contributed by atoms with Crippen molar-refractivity contribution >= 4 is 32.7 Å². The van der Waals surface area contributed by atoms with E-state index in [-0.39, 0.29) is 17.8 Å². The first-order valence-corrected chi connectivity index (χ1v) is 12.1. The average molecular weight is 482 g/mol. The number of hydrogen-bond donors (Lipinski definition) is 1. The van der Waals surface area contributed by atoms with Gasteiger partial charge in [0, 0.05) is 14.2 Å². The Balaban J connectivity index is 2.06. The van der Waals surface area contributed by atoms with E-state index in [1.54, 1.807) is 7.11 Å². The Morgan fingerprint density at radius 1 is 1.09 bits per heavy atom. The molecule has 2 unspecified atom stereocenters. The third kappa shape index (κ3) is 8.07. The zero-order chi connectivity index (χ0) is 23.3. The predicted molar refractivity (Wildman–Crippen MR) is 125 cm³/mol. The Morgan fingerprint density at radius 3 is 2.41 bits per heavy atom. The Bertz CT molecular complexity index is 848. The molecule has 0 bridgehead atoms. The molecular weight excluding hydrogens is 453 g/mol. The second kappa shape index (κ2) is 14.1. The van der Waals surface area contributed by atoms with Crippen LogP contribution in [0.15, 0.2) is 48.5 Å². The molecule has 1 N–H and O–H groups in total. The first kappa shape index (κ1) is 26.1. The predicted octanol–water partition coefficient (Wildman–Crippen LogP) is 3.90. The molecule has 8 nitrogen and oxygen atoms in total. The van der Waals surface area contributed by atoms with Gasteiger partial charge in [-0.3, -0.25) is 14.9 Å². The molecule has 2 rings (SSSR count). The van der Waals surface area contributed by atoms with Crippen molar-refractivity contribution in [2.75, 3.05) is 34.2 Å². The monoisotopic (exact) mass is 481 g/mol. The number of methoxy groups -OCH3 is 1. The summed E-state index contributed by atoms with van der Waals surface area (Å²) in [5.74, 6) is 1.06. The van der Waals surface area contributed by atoms with Gasteiger partial charge >= 0.3 is 8.60 Å². The van der Waals surface area contributed by atoms with Gasteiger partial charge in [-0.1, -0.05) is 24.3 Å². The number of thioether (sulfide) groups is 1. The van der Waals surface area contributed by atoms with Crippen LogP contribution in [-0.2, 0) is 29.6 Å². The molecule has 2 aromatic rings. The minimum Gasteiger partial charge on any atom is -0.497 e. The lowest BCUT2D eigenvalue weighted by atomic mass is 10.1. The minimum absolute atomic E-state index is 0.229. The Labute approximate surface area is 193 Å². The Kier molecular flexibility index (Phi) is 11.5. The molecule has 0 saturated heterocycles. The zero-order valence-electron chi connectivity index (χ0n) is 18.5. The van der Waals surface area contributed by atoms with Crippen molar-refractivity contribution in [2.45, 2.75) is 17.8 Å². The maximum atomic E-state index is 11.9. The second-order valence-electron chi connectivity index (χ2n) is 6.47. The molecule has 0 aliphatic heterocycles. The van der Waals surface area contributed by atoms with E-state index in [0.29, 0.717) is 24.3 Å². The molecule has 2 amide bonds. The standard InChI is InChI=1S/C22H28NO7PS/c1-26-19-7-5-6-17(13-19)20(30-31(27-2)28-3)14-29-18-10-8-16(9-11-18)12-21(32-4)22(25)23-15-24/h5-11,13,15,20-21H,12,14H2,1-4H3,(H,23,24,25). The highest BCUT2D eigenvalue weighted by atomic mass is 32.2. The van der Waals surface area contributed by atoms with E-state index < -0.39 is 14.7 Å². The highest BCUT2D eigenvalue weighted by Gasteiger charge is 2.21. The minimum atomic E-state index is -1.53. The molecule has 0 fully saturated rings. The molecule has 0 radical (unpaired) electrons. The van der Waals surface area contributed by atoms with Gasteiger partial charge in [-0.05, 0) is 48.1 Å². The van der Waals surface area contributed by atoms with Crippen LogP contribution in [0, 0.1) is 0 Å². The van der Waals surface area contributed by atoms with E-state index >= 15 is 0 Å². The second-order valence-corrected chi connectivity index (χ2v) is 8.90. The summed E-state index contributed by atoms with van der Waals surface area (Å²) in [6, 6.07) is 15.0. The van der Waals surface area contributed by atoms with E-state index in [1.165, 1.54) is 26.0 Å². The van der Waals surface area contributed by atoms with Crippen LogP contribution < -0.4 is 14.8 Å². The fourth-order valence-electron chi connectivity index (χ4n) is 2.84. The summed E-state index contributed by atoms with van der Waals surface area (Å²) >= 11 is 1.39. The summed E-state index contributed by atoms with van der Waals surface area (Å²) in [5.41, 5.74) is 1.83. The summed E-state index contributed by atoms with van der Waals surface area (Å²) in [5, 5.41) is 1.86. The summed E-state index contributed by atoms with van der Waals surface area (Å²) in [4.78, 5) is 22.4. The summed E-state index contributed by atoms with van der Waals surface area (Å²) in [6.45, 7) is 0.229. The van der Waals surface area contributed by atoms with Gasteiger partial charge in [0.05, 0.1) is 12.4 Å². The number of hydrogen-bond acceptors (Lipinski definition) is 8. The van der Waals surface area contributed by atoms with Gasteiger partial charge in [0.25, 0.3) is 0 Å². The zero-order valence-corrected chi connectivity index (χ0v) is 20.2. The van der Waals surface area contributed by atoms with Crippen molar-refractivity contribution in [3.05, 3.63) is 59.7 Å². The van der Waals surface area contributed by atoms with Crippen molar-refractivity contribution in [1.29, 1.82) is 0 Å². The lowest BCUT2D eigenvalue weighted by molar-refractivity contribution is -0.124. The van der Waals surface area contributed by atoms with Crippen LogP contribution in [-0.4, -0.2) is 51.8 Å². The van der Waals surface area contributed by atoms with Crippen LogP contribution in [0.1, 0.15) is 17.2 Å². The van der Waals surface area contributed by atoms with Crippen LogP contribution >= 0.6 is 20.4 Å². The number of nitrogens with one attached hydrogen (secondary N) is 1. The number of carbonyl (C=O) groups is 2. The highest BCUT2D eigenvalue weighted by molar-refractivity contribution is 7.99. The maximum Gasteiger partial charge on any atom is 0.332 e. The largest absolute Gasteiger partial charge is 0.497 e. The molecule has 2 atom stereocenters. The number of rotatable bonds is 14. The third-order valence-electron chi connectivity index (χ3n) is 4.50. The van der Waals surface area contributed by atoms with E-state index in [1.807, 2.05) is 54.8 Å². The summed E-state index contributed by atoms with van der Waals surface area (Å²) in [6.07, 6.45) is 2.30. The average Bonchev–Trinajstić information content (AvgIpc) is 2.83. The molecule has 0 heterocycles. The van der Waals surface area contributed by atoms with Crippen molar-refractivity contribution < 1.29 is 32.6 Å². The van der Waals surface area contributed by atoms with Gasteiger partial charge in [0.2, 0.25) is 12.3 Å². The molecular formula is C22H28NO7PS. The molecule has 0 aromatic heterocycles. The highest BCUT2D eigenvalue weighted by Crippen LogP contribution is 2.43. The normalized spacial score (nSPS) is 12.8. The topological polar surface area (TPSA) is 92.3 Å². The van der Waals surface area contributed by atoms with Gasteiger partial charge in [-0.2, -0.15) is 11.8 Å². The van der Waals surface area contributed by atoms with Gasteiger partial charge in [-0.25, -0.2) is 0 Å². The number of benzene rings is 2. The fraction of sp³-hybridized carbons (Fsp3) is 0.364. The van der Waals surface area contributed by atoms with Gasteiger partial charge in [0.15, 0.2) is 0 Å². The van der Waals surface area contributed by atoms with Crippen LogP contribution in [0.25, 0.3) is 0 Å². The van der Waals surface area contributed by atoms with Crippen molar-refractivity contribution in [3.8, 4) is 11.5 Å². The molecule has 0 spiro atoms. The van der Waals surface area contributed by atoms with Gasteiger partial charge in [0.1, 0.15) is 24.2 Å². The number of ether oxygens (including phenoxy) is 2. The van der Waals surface area contributed by atoms with Crippen molar-refractivity contribution in [3.63, 3.8) is 0 Å². The fourth-order valence-corrected chi connectivity index (χ4v) is 4.19. The number of carbonyl (C=O) groups excluding carboxylic acids is 2. The van der Waals surface area contributed by atoms with E-state index in [9.17, 15) is 9.59 Å². The number of amides is 2. The van der Waals surface area contributed by atoms with Crippen LogP contribution in [0.5, 0.6) is 11.5 Å². The van der Waals surface area contributed by atoms with Crippen LogP contribution in [0.3, 0.4) is 0 Å². The van der Waals surface area contributed by atoms with Crippen LogP contribution in [0.4, 0.5) is 0 Å². The summed E-state index contributed by atoms with van der Waals surface area (Å²) < 4.78 is 27.7. The lowest BCUT2D eigenvalue weighted by Crippen LogP contribution is -2.32. The van der Waals surface area contributed by atoms with Crippen molar-refractivity contribution in [1.82, 2.24) is 5.32 Å². The molecule has 0 saturated carbocycles. The molecule has 32 heavy (non-hydrogen) atoms. The Hall–Kier alpha value is -2.16. The first-order valence-electron chi connectivity index (χ1n) is 9.72. The lowest BCUT2D eigenvalue weighted by Gasteiger charge is -2.22. The molecule has 0 aliphatic rings. The smallest absolute Gasteiger partial charge is 0.332 e. The maximum absolute atomic E-state index is 11.9.